The number of amides is 1. The SMILES string of the molecule is CC(=O)NC(C(=O)OCCCOC(=O)C(N)C(C)C)C(C)C. The standard InChI is InChI=1S/C15H28N2O5/c1-9(2)12(16)14(19)21-7-6-8-22-15(20)13(10(3)4)17-11(5)18/h9-10,12-13H,6-8,16H2,1-5H3,(H,17,18). The topological polar surface area (TPSA) is 108 Å². The van der Waals surface area contributed by atoms with E-state index < -0.39 is 24.0 Å². The molecule has 2 unspecified atom stereocenters. The number of carbonyl (C=O) groups is 3. The number of ether oxygens (including phenoxy) is 2. The van der Waals surface area contributed by atoms with E-state index in [0.29, 0.717) is 6.42 Å². The molecule has 7 heteroatoms. The summed E-state index contributed by atoms with van der Waals surface area (Å²) in [6.45, 7) is 8.91. The minimum Gasteiger partial charge on any atom is -0.464 e. The predicted molar refractivity (Wildman–Crippen MR) is 81.8 cm³/mol. The molecule has 0 aliphatic rings. The van der Waals surface area contributed by atoms with Gasteiger partial charge in [0.1, 0.15) is 12.1 Å². The van der Waals surface area contributed by atoms with Crippen LogP contribution in [0.2, 0.25) is 0 Å². The van der Waals surface area contributed by atoms with Gasteiger partial charge >= 0.3 is 11.9 Å². The van der Waals surface area contributed by atoms with Crippen molar-refractivity contribution in [2.75, 3.05) is 13.2 Å². The Morgan fingerprint density at radius 1 is 0.955 bits per heavy atom. The molecule has 0 bridgehead atoms. The zero-order chi connectivity index (χ0) is 17.3. The van der Waals surface area contributed by atoms with Gasteiger partial charge in [-0.1, -0.05) is 27.7 Å². The lowest BCUT2D eigenvalue weighted by molar-refractivity contribution is -0.150. The molecule has 128 valence electrons. The van der Waals surface area contributed by atoms with Crippen LogP contribution in [0.1, 0.15) is 41.0 Å². The molecule has 0 radical (unpaired) electrons. The summed E-state index contributed by atoms with van der Waals surface area (Å²) in [5, 5.41) is 2.55. The largest absolute Gasteiger partial charge is 0.464 e. The predicted octanol–water partition coefficient (Wildman–Crippen LogP) is 0.607. The molecular formula is C15H28N2O5. The summed E-state index contributed by atoms with van der Waals surface area (Å²) in [6.07, 6.45) is 0.382. The fraction of sp³-hybridized carbons (Fsp3) is 0.800. The second kappa shape index (κ2) is 10.2. The smallest absolute Gasteiger partial charge is 0.328 e. The van der Waals surface area contributed by atoms with Gasteiger partial charge in [-0.2, -0.15) is 0 Å². The summed E-state index contributed by atoms with van der Waals surface area (Å²) in [5.41, 5.74) is 5.64. The zero-order valence-corrected chi connectivity index (χ0v) is 14.0. The Labute approximate surface area is 131 Å². The minimum atomic E-state index is -0.672. The van der Waals surface area contributed by atoms with Gasteiger partial charge in [0.25, 0.3) is 0 Å². The molecule has 0 spiro atoms. The van der Waals surface area contributed by atoms with E-state index in [1.54, 1.807) is 0 Å². The summed E-state index contributed by atoms with van der Waals surface area (Å²) in [4.78, 5) is 34.4. The Hall–Kier alpha value is -1.63. The monoisotopic (exact) mass is 316 g/mol. The Kier molecular flexibility index (Phi) is 9.40. The van der Waals surface area contributed by atoms with Gasteiger partial charge in [0.2, 0.25) is 5.91 Å². The highest BCUT2D eigenvalue weighted by atomic mass is 16.5. The van der Waals surface area contributed by atoms with Gasteiger partial charge < -0.3 is 20.5 Å². The lowest BCUT2D eigenvalue weighted by Gasteiger charge is -2.20. The number of hydrogen-bond acceptors (Lipinski definition) is 6. The maximum Gasteiger partial charge on any atom is 0.328 e. The highest BCUT2D eigenvalue weighted by molar-refractivity contribution is 5.83. The van der Waals surface area contributed by atoms with Crippen LogP contribution in [0.3, 0.4) is 0 Å². The maximum atomic E-state index is 11.9. The molecule has 0 aromatic rings. The number of rotatable bonds is 9. The molecule has 0 aromatic carbocycles. The first-order chi connectivity index (χ1) is 10.2. The van der Waals surface area contributed by atoms with E-state index in [2.05, 4.69) is 5.32 Å². The first-order valence-corrected chi connectivity index (χ1v) is 7.52. The van der Waals surface area contributed by atoms with Gasteiger partial charge in [0.15, 0.2) is 0 Å². The fourth-order valence-corrected chi connectivity index (χ4v) is 1.58. The summed E-state index contributed by atoms with van der Waals surface area (Å²) in [7, 11) is 0. The van der Waals surface area contributed by atoms with Crippen LogP contribution < -0.4 is 11.1 Å². The summed E-state index contributed by atoms with van der Waals surface area (Å²) in [5.74, 6) is -1.30. The third kappa shape index (κ3) is 7.97. The molecule has 0 rings (SSSR count). The van der Waals surface area contributed by atoms with E-state index in [0.717, 1.165) is 0 Å². The average molecular weight is 316 g/mol. The first kappa shape index (κ1) is 20.4. The normalized spacial score (nSPS) is 13.6. The molecule has 0 aliphatic carbocycles. The van der Waals surface area contributed by atoms with Crippen LogP contribution in [0.15, 0.2) is 0 Å². The van der Waals surface area contributed by atoms with E-state index in [1.807, 2.05) is 27.7 Å². The van der Waals surface area contributed by atoms with Gasteiger partial charge in [-0.05, 0) is 11.8 Å². The van der Waals surface area contributed by atoms with Crippen molar-refractivity contribution in [3.05, 3.63) is 0 Å². The van der Waals surface area contributed by atoms with Crippen molar-refractivity contribution in [1.82, 2.24) is 5.32 Å². The number of nitrogens with two attached hydrogens (primary N) is 1. The molecule has 7 nitrogen and oxygen atoms in total. The van der Waals surface area contributed by atoms with E-state index in [4.69, 9.17) is 15.2 Å². The van der Waals surface area contributed by atoms with Crippen LogP contribution in [0.5, 0.6) is 0 Å². The van der Waals surface area contributed by atoms with E-state index in [9.17, 15) is 14.4 Å². The van der Waals surface area contributed by atoms with Crippen LogP contribution in [-0.4, -0.2) is 43.1 Å². The molecule has 3 N–H and O–H groups in total. The van der Waals surface area contributed by atoms with Crippen LogP contribution in [0, 0.1) is 11.8 Å². The Bertz CT molecular complexity index is 382. The van der Waals surface area contributed by atoms with Crippen LogP contribution >= 0.6 is 0 Å². The van der Waals surface area contributed by atoms with Gasteiger partial charge in [-0.25, -0.2) is 4.79 Å². The van der Waals surface area contributed by atoms with Gasteiger partial charge in [0.05, 0.1) is 13.2 Å². The first-order valence-electron chi connectivity index (χ1n) is 7.52. The summed E-state index contributed by atoms with van der Waals surface area (Å²) in [6, 6.07) is -1.32. The molecule has 22 heavy (non-hydrogen) atoms. The third-order valence-corrected chi connectivity index (χ3v) is 3.05. The molecule has 0 heterocycles. The summed E-state index contributed by atoms with van der Waals surface area (Å²) >= 11 is 0. The molecule has 0 saturated carbocycles. The van der Waals surface area contributed by atoms with Crippen molar-refractivity contribution in [2.24, 2.45) is 17.6 Å². The van der Waals surface area contributed by atoms with Crippen molar-refractivity contribution < 1.29 is 23.9 Å². The third-order valence-electron chi connectivity index (χ3n) is 3.05. The second-order valence-corrected chi connectivity index (χ2v) is 5.88. The second-order valence-electron chi connectivity index (χ2n) is 5.88. The van der Waals surface area contributed by atoms with Crippen LogP contribution in [-0.2, 0) is 23.9 Å². The highest BCUT2D eigenvalue weighted by Crippen LogP contribution is 2.05. The molecule has 0 saturated heterocycles. The molecule has 0 aromatic heterocycles. The van der Waals surface area contributed by atoms with Crippen molar-refractivity contribution >= 4 is 17.8 Å². The van der Waals surface area contributed by atoms with Crippen molar-refractivity contribution in [3.8, 4) is 0 Å². The number of nitrogens with one attached hydrogen (secondary N) is 1. The average Bonchev–Trinajstić information content (AvgIpc) is 2.42. The van der Waals surface area contributed by atoms with Gasteiger partial charge in [-0.3, -0.25) is 9.59 Å². The lowest BCUT2D eigenvalue weighted by atomic mass is 10.0. The molecular weight excluding hydrogens is 288 g/mol. The maximum absolute atomic E-state index is 11.9. The zero-order valence-electron chi connectivity index (χ0n) is 14.0. The van der Waals surface area contributed by atoms with Gasteiger partial charge in [-0.15, -0.1) is 0 Å². The van der Waals surface area contributed by atoms with Crippen LogP contribution in [0.25, 0.3) is 0 Å². The molecule has 0 aliphatic heterocycles. The number of carbonyl (C=O) groups excluding carboxylic acids is 3. The number of esters is 2. The molecule has 0 fully saturated rings. The highest BCUT2D eigenvalue weighted by Gasteiger charge is 2.24. The minimum absolute atomic E-state index is 0.00906. The van der Waals surface area contributed by atoms with E-state index in [1.165, 1.54) is 6.92 Å². The van der Waals surface area contributed by atoms with Gasteiger partial charge in [0, 0.05) is 13.3 Å². The van der Waals surface area contributed by atoms with Crippen LogP contribution in [0.4, 0.5) is 0 Å². The van der Waals surface area contributed by atoms with E-state index >= 15 is 0 Å². The van der Waals surface area contributed by atoms with Crippen molar-refractivity contribution in [1.29, 1.82) is 0 Å². The quantitative estimate of drug-likeness (QED) is 0.476. The molecule has 1 amide bonds. The Morgan fingerprint density at radius 3 is 1.86 bits per heavy atom. The molecule has 2 atom stereocenters. The lowest BCUT2D eigenvalue weighted by Crippen LogP contribution is -2.44. The van der Waals surface area contributed by atoms with Crippen molar-refractivity contribution in [2.45, 2.75) is 53.1 Å². The van der Waals surface area contributed by atoms with Crippen molar-refractivity contribution in [3.63, 3.8) is 0 Å². The summed E-state index contributed by atoms with van der Waals surface area (Å²) < 4.78 is 10.1. The number of hydrogen-bond donors (Lipinski definition) is 2. The fourth-order valence-electron chi connectivity index (χ4n) is 1.58. The van der Waals surface area contributed by atoms with E-state index in [-0.39, 0.29) is 31.0 Å². The Balaban J connectivity index is 4.02. The Morgan fingerprint density at radius 2 is 1.45 bits per heavy atom.